The van der Waals surface area contributed by atoms with Gasteiger partial charge in [0.25, 0.3) is 7.82 Å². The number of hydrogen-bond acceptors (Lipinski definition) is 7. The van der Waals surface area contributed by atoms with Crippen LogP contribution in [0, 0.1) is 0 Å². The molecule has 10 heteroatoms. The fraction of sp³-hybridized carbons (Fsp3) is 0.844. The van der Waals surface area contributed by atoms with Crippen molar-refractivity contribution >= 4 is 19.7 Å². The van der Waals surface area contributed by atoms with Gasteiger partial charge in [-0.3, -0.25) is 14.2 Å². The predicted octanol–water partition coefficient (Wildman–Crippen LogP) is 18.6. The molecule has 0 aliphatic heterocycles. The van der Waals surface area contributed by atoms with E-state index in [0.717, 1.165) is 70.6 Å². The molecule has 0 saturated carbocycles. The number of allylic oxidation sites excluding steroid dienone is 7. The lowest BCUT2D eigenvalue weighted by Crippen LogP contribution is -2.47. The van der Waals surface area contributed by atoms with Crippen molar-refractivity contribution < 1.29 is 37.3 Å². The molecular weight excluding hydrogens is 940 g/mol. The maximum atomic E-state index is 13.5. The van der Waals surface area contributed by atoms with Gasteiger partial charge in [0.1, 0.15) is 19.3 Å². The zero-order valence-corrected chi connectivity index (χ0v) is 50.4. The Balaban J connectivity index is 5.13. The van der Waals surface area contributed by atoms with E-state index in [9.17, 15) is 19.0 Å². The number of phosphoric ester groups is 1. The van der Waals surface area contributed by atoms with Crippen molar-refractivity contribution in [3.8, 4) is 0 Å². The molecule has 3 unspecified atom stereocenters. The minimum Gasteiger partial charge on any atom is -0.756 e. The van der Waals surface area contributed by atoms with Crippen LogP contribution < -0.4 is 10.2 Å². The summed E-state index contributed by atoms with van der Waals surface area (Å²) < 4.78 is 30.3. The molecule has 0 spiro atoms. The molecule has 0 fully saturated rings. The fourth-order valence-corrected chi connectivity index (χ4v) is 9.80. The van der Waals surface area contributed by atoms with E-state index < -0.39 is 26.6 Å². The molecule has 0 aromatic heterocycles. The van der Waals surface area contributed by atoms with Gasteiger partial charge in [-0.1, -0.05) is 243 Å². The largest absolute Gasteiger partial charge is 0.756 e. The summed E-state index contributed by atoms with van der Waals surface area (Å²) in [6.45, 7) is 6.82. The zero-order chi connectivity index (χ0) is 54.3. The Kier molecular flexibility index (Phi) is 52.8. The molecule has 0 heterocycles. The van der Waals surface area contributed by atoms with Crippen LogP contribution in [0.4, 0.5) is 0 Å². The first kappa shape index (κ1) is 72.0. The quantitative estimate of drug-likeness (QED) is 0.0212. The summed E-state index contributed by atoms with van der Waals surface area (Å²) >= 11 is 0. The number of ether oxygens (including phenoxy) is 1. The number of nitrogens with zero attached hydrogens (tertiary/aromatic N) is 1. The molecule has 0 radical (unpaired) electrons. The van der Waals surface area contributed by atoms with Crippen molar-refractivity contribution in [3.63, 3.8) is 0 Å². The van der Waals surface area contributed by atoms with Gasteiger partial charge in [0.2, 0.25) is 5.91 Å². The van der Waals surface area contributed by atoms with Gasteiger partial charge in [0.05, 0.1) is 33.8 Å². The normalized spacial score (nSPS) is 14.0. The van der Waals surface area contributed by atoms with Crippen molar-refractivity contribution in [3.05, 3.63) is 48.6 Å². The number of rotatable bonds is 57. The molecule has 0 aliphatic rings. The summed E-state index contributed by atoms with van der Waals surface area (Å²) in [5.41, 5.74) is 0. The SMILES string of the molecule is CCCCC/C=C\C/C=C\CCCCCCCCCCCCCCCC(=O)NC(COP(=O)([O-])OCC[N+](C)(C)C)C(/C=C\CCCCCCCCCCC)OC(=O)CCCCC/C=C\CCCCCCCCC. The highest BCUT2D eigenvalue weighted by molar-refractivity contribution is 7.45. The second-order valence-corrected chi connectivity index (χ2v) is 24.0. The van der Waals surface area contributed by atoms with E-state index in [1.807, 2.05) is 33.3 Å². The Labute approximate surface area is 458 Å². The van der Waals surface area contributed by atoms with Crippen LogP contribution in [0.3, 0.4) is 0 Å². The van der Waals surface area contributed by atoms with Crippen molar-refractivity contribution in [2.75, 3.05) is 40.9 Å². The molecular formula is C64H121N2O7P. The molecule has 0 rings (SSSR count). The van der Waals surface area contributed by atoms with Crippen molar-refractivity contribution in [2.24, 2.45) is 0 Å². The molecule has 0 aliphatic carbocycles. The second kappa shape index (κ2) is 54.3. The standard InChI is InChI=1S/C64H121N2O7P/c1-7-10-13-16-19-22-25-27-29-30-31-32-33-34-35-36-37-38-41-44-47-50-53-56-63(67)65-61(60-72-74(69,70)71-59-58-66(4,5)6)62(55-52-49-46-43-40-24-21-18-15-12-9-3)73-64(68)57-54-51-48-45-42-39-28-26-23-20-17-14-11-8-2/h19,22,27,29,39,42,52,55,61-62H,7-18,20-21,23-26,28,30-38,40-41,43-51,53-54,56-60H2,1-6H3,(H-,65,67,69,70)/b22-19-,29-27-,42-39-,55-52-. The smallest absolute Gasteiger partial charge is 0.306 e. The van der Waals surface area contributed by atoms with E-state index in [2.05, 4.69) is 62.5 Å². The van der Waals surface area contributed by atoms with E-state index in [1.165, 1.54) is 186 Å². The third-order valence-corrected chi connectivity index (χ3v) is 14.9. The highest BCUT2D eigenvalue weighted by Gasteiger charge is 2.27. The van der Waals surface area contributed by atoms with Crippen LogP contribution in [0.2, 0.25) is 0 Å². The first-order chi connectivity index (χ1) is 35.9. The Morgan fingerprint density at radius 1 is 0.473 bits per heavy atom. The number of carbonyl (C=O) groups excluding carboxylic acids is 2. The molecule has 434 valence electrons. The summed E-state index contributed by atoms with van der Waals surface area (Å²) in [5, 5.41) is 3.03. The van der Waals surface area contributed by atoms with Gasteiger partial charge in [0.15, 0.2) is 0 Å². The van der Waals surface area contributed by atoms with Crippen LogP contribution in [-0.4, -0.2) is 69.4 Å². The molecule has 1 N–H and O–H groups in total. The van der Waals surface area contributed by atoms with E-state index >= 15 is 0 Å². The third-order valence-electron chi connectivity index (χ3n) is 14.0. The Hall–Kier alpha value is -2.03. The maximum Gasteiger partial charge on any atom is 0.306 e. The average Bonchev–Trinajstić information content (AvgIpc) is 3.36. The van der Waals surface area contributed by atoms with Gasteiger partial charge in [0, 0.05) is 12.8 Å². The first-order valence-electron chi connectivity index (χ1n) is 31.4. The highest BCUT2D eigenvalue weighted by atomic mass is 31.2. The van der Waals surface area contributed by atoms with Gasteiger partial charge in [-0.25, -0.2) is 0 Å². The number of esters is 1. The minimum absolute atomic E-state index is 0.0239. The fourth-order valence-electron chi connectivity index (χ4n) is 9.08. The lowest BCUT2D eigenvalue weighted by Gasteiger charge is -2.30. The molecule has 0 aromatic carbocycles. The molecule has 74 heavy (non-hydrogen) atoms. The molecule has 0 bridgehead atoms. The molecule has 9 nitrogen and oxygen atoms in total. The third kappa shape index (κ3) is 54.7. The summed E-state index contributed by atoms with van der Waals surface area (Å²) in [7, 11) is 1.18. The number of unbranched alkanes of at least 4 members (excludes halogenated alkanes) is 35. The monoisotopic (exact) mass is 1060 g/mol. The lowest BCUT2D eigenvalue weighted by atomic mass is 10.0. The topological polar surface area (TPSA) is 114 Å². The van der Waals surface area contributed by atoms with Gasteiger partial charge in [-0.15, -0.1) is 0 Å². The minimum atomic E-state index is -4.70. The average molecular weight is 1060 g/mol. The van der Waals surface area contributed by atoms with Crippen LogP contribution in [0.5, 0.6) is 0 Å². The van der Waals surface area contributed by atoms with Crippen LogP contribution in [0.1, 0.15) is 297 Å². The van der Waals surface area contributed by atoms with Gasteiger partial charge >= 0.3 is 5.97 Å². The number of carbonyl (C=O) groups is 2. The summed E-state index contributed by atoms with van der Waals surface area (Å²) in [4.78, 5) is 39.9. The van der Waals surface area contributed by atoms with E-state index in [1.54, 1.807) is 0 Å². The van der Waals surface area contributed by atoms with Crippen molar-refractivity contribution in [2.45, 2.75) is 309 Å². The number of phosphoric acid groups is 1. The maximum absolute atomic E-state index is 13.5. The zero-order valence-electron chi connectivity index (χ0n) is 49.6. The molecule has 1 amide bonds. The molecule has 0 saturated heterocycles. The van der Waals surface area contributed by atoms with Crippen LogP contribution >= 0.6 is 7.82 Å². The van der Waals surface area contributed by atoms with Crippen LogP contribution in [0.15, 0.2) is 48.6 Å². The predicted molar refractivity (Wildman–Crippen MR) is 316 cm³/mol. The van der Waals surface area contributed by atoms with E-state index in [-0.39, 0.29) is 24.9 Å². The van der Waals surface area contributed by atoms with Gasteiger partial charge in [-0.2, -0.15) is 0 Å². The van der Waals surface area contributed by atoms with Gasteiger partial charge in [-0.05, 0) is 89.5 Å². The number of hydrogen-bond donors (Lipinski definition) is 1. The second-order valence-electron chi connectivity index (χ2n) is 22.6. The Morgan fingerprint density at radius 3 is 1.27 bits per heavy atom. The Morgan fingerprint density at radius 2 is 0.824 bits per heavy atom. The Bertz CT molecular complexity index is 1410. The van der Waals surface area contributed by atoms with E-state index in [0.29, 0.717) is 23.9 Å². The highest BCUT2D eigenvalue weighted by Crippen LogP contribution is 2.38. The number of quaternary nitrogens is 1. The number of amides is 1. The van der Waals surface area contributed by atoms with E-state index in [4.69, 9.17) is 13.8 Å². The first-order valence-corrected chi connectivity index (χ1v) is 32.9. The van der Waals surface area contributed by atoms with Crippen molar-refractivity contribution in [1.29, 1.82) is 0 Å². The van der Waals surface area contributed by atoms with Gasteiger partial charge < -0.3 is 28.5 Å². The molecule has 0 aromatic rings. The lowest BCUT2D eigenvalue weighted by molar-refractivity contribution is -0.870. The van der Waals surface area contributed by atoms with Crippen LogP contribution in [-0.2, 0) is 27.9 Å². The summed E-state index contributed by atoms with van der Waals surface area (Å²) in [5.74, 6) is -0.553. The summed E-state index contributed by atoms with van der Waals surface area (Å²) in [6.07, 6.45) is 66.5. The van der Waals surface area contributed by atoms with Crippen LogP contribution in [0.25, 0.3) is 0 Å². The van der Waals surface area contributed by atoms with Crippen molar-refractivity contribution in [1.82, 2.24) is 5.32 Å². The number of nitrogens with one attached hydrogen (secondary N) is 1. The molecule has 3 atom stereocenters. The summed E-state index contributed by atoms with van der Waals surface area (Å²) in [6, 6.07) is -0.892. The number of likely N-dealkylation sites (N-methyl/N-ethyl adjacent to an activating group) is 1.